The van der Waals surface area contributed by atoms with Gasteiger partial charge < -0.3 is 14.8 Å². The van der Waals surface area contributed by atoms with Crippen molar-refractivity contribution in [2.75, 3.05) is 13.7 Å². The average molecular weight is 266 g/mol. The van der Waals surface area contributed by atoms with Crippen molar-refractivity contribution in [2.24, 2.45) is 0 Å². The summed E-state index contributed by atoms with van der Waals surface area (Å²) in [5.74, 6) is 0.234. The van der Waals surface area contributed by atoms with Gasteiger partial charge in [-0.2, -0.15) is 0 Å². The summed E-state index contributed by atoms with van der Waals surface area (Å²) < 4.78 is 10.3. The predicted octanol–water partition coefficient (Wildman–Crippen LogP) is 0.877. The Hall–Kier alpha value is -2.15. The molecule has 1 saturated heterocycles. The van der Waals surface area contributed by atoms with E-state index in [0.717, 1.165) is 0 Å². The van der Waals surface area contributed by atoms with Crippen molar-refractivity contribution >= 4 is 11.7 Å². The van der Waals surface area contributed by atoms with Crippen LogP contribution in [-0.4, -0.2) is 36.7 Å². The monoisotopic (exact) mass is 266 g/mol. The fourth-order valence-electron chi connectivity index (χ4n) is 1.95. The molecule has 1 fully saturated rings. The third-order valence-corrected chi connectivity index (χ3v) is 2.93. The number of carbonyl (C=O) groups is 1. The molecule has 0 unspecified atom stereocenters. The van der Waals surface area contributed by atoms with Gasteiger partial charge in [0.1, 0.15) is 17.9 Å². The summed E-state index contributed by atoms with van der Waals surface area (Å²) in [5.41, 5.74) is 0.0179. The molecule has 0 aromatic heterocycles. The smallest absolute Gasteiger partial charge is 0.323 e. The van der Waals surface area contributed by atoms with E-state index in [4.69, 9.17) is 4.74 Å². The molecule has 0 saturated carbocycles. The third kappa shape index (κ3) is 3.19. The summed E-state index contributed by atoms with van der Waals surface area (Å²) in [5, 5.41) is 13.5. The van der Waals surface area contributed by atoms with Crippen LogP contribution in [0.3, 0.4) is 0 Å². The van der Waals surface area contributed by atoms with Gasteiger partial charge in [-0.25, -0.2) is 0 Å². The Bertz CT molecular complexity index is 474. The Balaban J connectivity index is 1.92. The highest BCUT2D eigenvalue weighted by molar-refractivity contribution is 5.76. The number of rotatable bonds is 4. The van der Waals surface area contributed by atoms with Crippen molar-refractivity contribution in [3.05, 3.63) is 34.4 Å². The molecule has 2 rings (SSSR count). The Labute approximate surface area is 109 Å². The Morgan fingerprint density at radius 3 is 2.68 bits per heavy atom. The van der Waals surface area contributed by atoms with Gasteiger partial charge >= 0.3 is 5.97 Å². The first-order chi connectivity index (χ1) is 9.10. The standard InChI is InChI=1S/C12H14N2O5/c1-18-12(15)11-6-10(7-13-11)19-9-4-2-8(3-5-9)14(16)17/h2-5,10-11,13H,6-7H2,1H3/t10-,11+/m1/s1. The lowest BCUT2D eigenvalue weighted by atomic mass is 10.2. The molecule has 1 aliphatic heterocycles. The number of benzene rings is 1. The minimum atomic E-state index is -0.464. The molecule has 1 aromatic carbocycles. The third-order valence-electron chi connectivity index (χ3n) is 2.93. The number of carbonyl (C=O) groups excluding carboxylic acids is 1. The van der Waals surface area contributed by atoms with Gasteiger partial charge in [0.25, 0.3) is 5.69 Å². The molecule has 19 heavy (non-hydrogen) atoms. The van der Waals surface area contributed by atoms with E-state index in [-0.39, 0.29) is 23.8 Å². The Morgan fingerprint density at radius 1 is 1.42 bits per heavy atom. The summed E-state index contributed by atoms with van der Waals surface area (Å²) in [6.07, 6.45) is 0.370. The summed E-state index contributed by atoms with van der Waals surface area (Å²) >= 11 is 0. The van der Waals surface area contributed by atoms with Crippen molar-refractivity contribution in [2.45, 2.75) is 18.6 Å². The lowest BCUT2D eigenvalue weighted by molar-refractivity contribution is -0.384. The molecule has 0 amide bonds. The molecule has 1 aliphatic rings. The van der Waals surface area contributed by atoms with Crippen LogP contribution in [-0.2, 0) is 9.53 Å². The second kappa shape index (κ2) is 5.66. The first-order valence-electron chi connectivity index (χ1n) is 5.82. The zero-order valence-corrected chi connectivity index (χ0v) is 10.4. The number of hydrogen-bond donors (Lipinski definition) is 1. The van der Waals surface area contributed by atoms with Crippen LogP contribution in [0, 0.1) is 10.1 Å². The number of non-ortho nitro benzene ring substituents is 1. The number of methoxy groups -OCH3 is 1. The maximum Gasteiger partial charge on any atom is 0.323 e. The second-order valence-electron chi connectivity index (χ2n) is 4.21. The van der Waals surface area contributed by atoms with Crippen LogP contribution in [0.25, 0.3) is 0 Å². The van der Waals surface area contributed by atoms with Crippen LogP contribution in [0.15, 0.2) is 24.3 Å². The molecule has 1 heterocycles. The summed E-state index contributed by atoms with van der Waals surface area (Å²) in [4.78, 5) is 21.4. The van der Waals surface area contributed by atoms with Gasteiger partial charge in [-0.1, -0.05) is 0 Å². The molecule has 1 N–H and O–H groups in total. The molecule has 7 heteroatoms. The average Bonchev–Trinajstić information content (AvgIpc) is 2.87. The second-order valence-corrected chi connectivity index (χ2v) is 4.21. The molecule has 1 aromatic rings. The van der Waals surface area contributed by atoms with E-state index < -0.39 is 4.92 Å². The number of nitrogens with zero attached hydrogens (tertiary/aromatic N) is 1. The van der Waals surface area contributed by atoms with Crippen molar-refractivity contribution in [1.29, 1.82) is 0 Å². The fraction of sp³-hybridized carbons (Fsp3) is 0.417. The minimum absolute atomic E-state index is 0.0179. The van der Waals surface area contributed by atoms with E-state index in [1.54, 1.807) is 12.1 Å². The van der Waals surface area contributed by atoms with Gasteiger partial charge in [-0.3, -0.25) is 14.9 Å². The Morgan fingerprint density at radius 2 is 2.11 bits per heavy atom. The van der Waals surface area contributed by atoms with Crippen LogP contribution in [0.2, 0.25) is 0 Å². The highest BCUT2D eigenvalue weighted by Gasteiger charge is 2.31. The number of esters is 1. The van der Waals surface area contributed by atoms with Crippen LogP contribution >= 0.6 is 0 Å². The van der Waals surface area contributed by atoms with E-state index in [1.165, 1.54) is 19.2 Å². The lowest BCUT2D eigenvalue weighted by Crippen LogP contribution is -2.31. The molecular weight excluding hydrogens is 252 g/mol. The van der Waals surface area contributed by atoms with Gasteiger partial charge in [0.15, 0.2) is 0 Å². The van der Waals surface area contributed by atoms with E-state index in [9.17, 15) is 14.9 Å². The van der Waals surface area contributed by atoms with Gasteiger partial charge in [0.05, 0.1) is 12.0 Å². The number of nitro groups is 1. The van der Waals surface area contributed by atoms with Crippen molar-refractivity contribution in [3.8, 4) is 5.75 Å². The molecule has 102 valence electrons. The predicted molar refractivity (Wildman–Crippen MR) is 65.9 cm³/mol. The first-order valence-corrected chi connectivity index (χ1v) is 5.82. The van der Waals surface area contributed by atoms with E-state index in [2.05, 4.69) is 10.1 Å². The largest absolute Gasteiger partial charge is 0.489 e. The molecule has 0 bridgehead atoms. The topological polar surface area (TPSA) is 90.7 Å². The van der Waals surface area contributed by atoms with Gasteiger partial charge in [0, 0.05) is 25.1 Å². The number of nitro benzene ring substituents is 1. The number of nitrogens with one attached hydrogen (secondary N) is 1. The van der Waals surface area contributed by atoms with Gasteiger partial charge in [-0.15, -0.1) is 0 Å². The normalized spacial score (nSPS) is 21.9. The molecule has 0 radical (unpaired) electrons. The highest BCUT2D eigenvalue weighted by Crippen LogP contribution is 2.21. The quantitative estimate of drug-likeness (QED) is 0.494. The molecular formula is C12H14N2O5. The van der Waals surface area contributed by atoms with E-state index >= 15 is 0 Å². The lowest BCUT2D eigenvalue weighted by Gasteiger charge is -2.12. The van der Waals surface area contributed by atoms with Crippen LogP contribution in [0.1, 0.15) is 6.42 Å². The summed E-state index contributed by atoms with van der Waals surface area (Å²) in [7, 11) is 1.34. The van der Waals surface area contributed by atoms with Crippen LogP contribution in [0.4, 0.5) is 5.69 Å². The maximum absolute atomic E-state index is 11.3. The van der Waals surface area contributed by atoms with Crippen molar-refractivity contribution in [3.63, 3.8) is 0 Å². The van der Waals surface area contributed by atoms with Crippen molar-refractivity contribution in [1.82, 2.24) is 5.32 Å². The highest BCUT2D eigenvalue weighted by atomic mass is 16.6. The van der Waals surface area contributed by atoms with Gasteiger partial charge in [0.2, 0.25) is 0 Å². The summed E-state index contributed by atoms with van der Waals surface area (Å²) in [6.45, 7) is 0.538. The molecule has 0 spiro atoms. The van der Waals surface area contributed by atoms with E-state index in [1.807, 2.05) is 0 Å². The zero-order chi connectivity index (χ0) is 13.8. The number of ether oxygens (including phenoxy) is 2. The van der Waals surface area contributed by atoms with Crippen LogP contribution < -0.4 is 10.1 Å². The van der Waals surface area contributed by atoms with Crippen molar-refractivity contribution < 1.29 is 19.2 Å². The SMILES string of the molecule is COC(=O)[C@@H]1C[C@@H](Oc2ccc([N+](=O)[O-])cc2)CN1. The van der Waals surface area contributed by atoms with E-state index in [0.29, 0.717) is 18.7 Å². The number of hydrogen-bond acceptors (Lipinski definition) is 6. The Kier molecular flexibility index (Phi) is 3.96. The zero-order valence-electron chi connectivity index (χ0n) is 10.4. The minimum Gasteiger partial charge on any atom is -0.489 e. The first kappa shape index (κ1) is 13.3. The molecule has 7 nitrogen and oxygen atoms in total. The summed E-state index contributed by atoms with van der Waals surface area (Å²) in [6, 6.07) is 5.51. The van der Waals surface area contributed by atoms with Gasteiger partial charge in [-0.05, 0) is 12.1 Å². The molecule has 2 atom stereocenters. The van der Waals surface area contributed by atoms with Crippen LogP contribution in [0.5, 0.6) is 5.75 Å². The maximum atomic E-state index is 11.3. The fourth-order valence-corrected chi connectivity index (χ4v) is 1.95. The molecule has 0 aliphatic carbocycles.